The Hall–Kier alpha value is -3.95. The van der Waals surface area contributed by atoms with E-state index in [1.165, 1.54) is 33.3 Å². The quantitative estimate of drug-likeness (QED) is 0.452. The molecule has 1 aliphatic heterocycles. The molecule has 2 aromatic rings. The van der Waals surface area contributed by atoms with E-state index in [-0.39, 0.29) is 18.1 Å². The number of hydrogen-bond donors (Lipinski definition) is 1. The summed E-state index contributed by atoms with van der Waals surface area (Å²) in [6.07, 6.45) is 2.04. The van der Waals surface area contributed by atoms with Crippen molar-refractivity contribution in [3.63, 3.8) is 0 Å². The van der Waals surface area contributed by atoms with Gasteiger partial charge in [0.15, 0.2) is 24.2 Å². The van der Waals surface area contributed by atoms with Crippen LogP contribution in [0.4, 0.5) is 5.69 Å². The SMILES string of the molecule is CCOc1cc(C(=O)OC(C)C(=O)Nc2cc(OC)cc(OC)c2)ccc1OCC(=O)N1CCCCC1. The lowest BCUT2D eigenvalue weighted by atomic mass is 10.1. The zero-order chi connectivity index (χ0) is 26.8. The van der Waals surface area contributed by atoms with Crippen molar-refractivity contribution >= 4 is 23.5 Å². The van der Waals surface area contributed by atoms with Crippen LogP contribution >= 0.6 is 0 Å². The minimum Gasteiger partial charge on any atom is -0.497 e. The Morgan fingerprint density at radius 3 is 2.22 bits per heavy atom. The van der Waals surface area contributed by atoms with Gasteiger partial charge in [0.2, 0.25) is 0 Å². The zero-order valence-corrected chi connectivity index (χ0v) is 21.7. The first-order valence-electron chi connectivity index (χ1n) is 12.3. The van der Waals surface area contributed by atoms with Crippen molar-refractivity contribution in [2.24, 2.45) is 0 Å². The van der Waals surface area contributed by atoms with Crippen molar-refractivity contribution in [1.82, 2.24) is 4.90 Å². The van der Waals surface area contributed by atoms with Crippen molar-refractivity contribution in [1.29, 1.82) is 0 Å². The monoisotopic (exact) mass is 514 g/mol. The van der Waals surface area contributed by atoms with E-state index in [9.17, 15) is 14.4 Å². The highest BCUT2D eigenvalue weighted by molar-refractivity contribution is 5.97. The fourth-order valence-corrected chi connectivity index (χ4v) is 3.80. The van der Waals surface area contributed by atoms with Crippen LogP contribution in [0.1, 0.15) is 43.5 Å². The van der Waals surface area contributed by atoms with E-state index in [1.54, 1.807) is 36.1 Å². The van der Waals surface area contributed by atoms with Gasteiger partial charge in [-0.2, -0.15) is 0 Å². The summed E-state index contributed by atoms with van der Waals surface area (Å²) in [6, 6.07) is 9.45. The van der Waals surface area contributed by atoms with Crippen LogP contribution in [-0.4, -0.2) is 69.3 Å². The Balaban J connectivity index is 1.62. The maximum atomic E-state index is 12.8. The molecular formula is C27H34N2O8. The van der Waals surface area contributed by atoms with Crippen LogP contribution < -0.4 is 24.3 Å². The average molecular weight is 515 g/mol. The number of esters is 1. The van der Waals surface area contributed by atoms with Crippen LogP contribution in [-0.2, 0) is 14.3 Å². The molecule has 10 nitrogen and oxygen atoms in total. The second-order valence-electron chi connectivity index (χ2n) is 8.46. The minimum atomic E-state index is -1.08. The number of nitrogens with one attached hydrogen (secondary N) is 1. The van der Waals surface area contributed by atoms with Gasteiger partial charge in [0, 0.05) is 37.0 Å². The zero-order valence-electron chi connectivity index (χ0n) is 21.7. The van der Waals surface area contributed by atoms with Gasteiger partial charge in [-0.1, -0.05) is 0 Å². The first kappa shape index (κ1) is 27.6. The van der Waals surface area contributed by atoms with Gasteiger partial charge >= 0.3 is 5.97 Å². The summed E-state index contributed by atoms with van der Waals surface area (Å²) in [6.45, 7) is 4.96. The van der Waals surface area contributed by atoms with Crippen molar-refractivity contribution in [3.05, 3.63) is 42.0 Å². The molecule has 0 saturated carbocycles. The van der Waals surface area contributed by atoms with Crippen LogP contribution in [0.3, 0.4) is 0 Å². The fraction of sp³-hybridized carbons (Fsp3) is 0.444. The second-order valence-corrected chi connectivity index (χ2v) is 8.46. The first-order chi connectivity index (χ1) is 17.8. The third-order valence-corrected chi connectivity index (χ3v) is 5.81. The molecule has 0 bridgehead atoms. The molecule has 10 heteroatoms. The molecule has 1 N–H and O–H groups in total. The van der Waals surface area contributed by atoms with Gasteiger partial charge in [-0.15, -0.1) is 0 Å². The van der Waals surface area contributed by atoms with E-state index in [2.05, 4.69) is 5.32 Å². The van der Waals surface area contributed by atoms with E-state index >= 15 is 0 Å². The van der Waals surface area contributed by atoms with Gasteiger partial charge in [0.05, 0.1) is 26.4 Å². The number of carbonyl (C=O) groups is 3. The smallest absolute Gasteiger partial charge is 0.339 e. The molecule has 1 fully saturated rings. The largest absolute Gasteiger partial charge is 0.497 e. The van der Waals surface area contributed by atoms with E-state index in [0.717, 1.165) is 32.4 Å². The molecule has 2 amide bonds. The highest BCUT2D eigenvalue weighted by Crippen LogP contribution is 2.29. The van der Waals surface area contributed by atoms with Crippen molar-refractivity contribution in [2.45, 2.75) is 39.2 Å². The molecule has 200 valence electrons. The summed E-state index contributed by atoms with van der Waals surface area (Å²) in [4.78, 5) is 39.6. The van der Waals surface area contributed by atoms with E-state index in [1.807, 2.05) is 0 Å². The van der Waals surface area contributed by atoms with Crippen molar-refractivity contribution in [2.75, 3.05) is 45.8 Å². The highest BCUT2D eigenvalue weighted by Gasteiger charge is 2.22. The third-order valence-electron chi connectivity index (χ3n) is 5.81. The second kappa shape index (κ2) is 13.4. The Labute approximate surface area is 216 Å². The molecule has 1 aliphatic rings. The van der Waals surface area contributed by atoms with Crippen LogP contribution in [0.5, 0.6) is 23.0 Å². The molecule has 2 aromatic carbocycles. The number of anilines is 1. The number of ether oxygens (including phenoxy) is 5. The van der Waals surface area contributed by atoms with Gasteiger partial charge in [-0.3, -0.25) is 9.59 Å². The van der Waals surface area contributed by atoms with E-state index in [0.29, 0.717) is 35.3 Å². The van der Waals surface area contributed by atoms with Crippen LogP contribution in [0, 0.1) is 0 Å². The maximum absolute atomic E-state index is 12.8. The van der Waals surface area contributed by atoms with Gasteiger partial charge in [0.25, 0.3) is 11.8 Å². The van der Waals surface area contributed by atoms with Gasteiger partial charge in [-0.05, 0) is 51.3 Å². The lowest BCUT2D eigenvalue weighted by molar-refractivity contribution is -0.134. The molecule has 0 aromatic heterocycles. The lowest BCUT2D eigenvalue weighted by Crippen LogP contribution is -2.38. The molecule has 1 saturated heterocycles. The molecule has 1 atom stereocenters. The lowest BCUT2D eigenvalue weighted by Gasteiger charge is -2.26. The first-order valence-corrected chi connectivity index (χ1v) is 12.3. The van der Waals surface area contributed by atoms with Gasteiger partial charge < -0.3 is 33.9 Å². The summed E-state index contributed by atoms with van der Waals surface area (Å²) in [5.41, 5.74) is 0.615. The number of benzene rings is 2. The predicted octanol–water partition coefficient (Wildman–Crippen LogP) is 3.68. The van der Waals surface area contributed by atoms with E-state index < -0.39 is 18.0 Å². The molecule has 0 spiro atoms. The van der Waals surface area contributed by atoms with E-state index in [4.69, 9.17) is 23.7 Å². The van der Waals surface area contributed by atoms with Gasteiger partial charge in [-0.25, -0.2) is 4.79 Å². The van der Waals surface area contributed by atoms with Crippen molar-refractivity contribution < 1.29 is 38.1 Å². The normalized spacial score (nSPS) is 13.8. The topological polar surface area (TPSA) is 113 Å². The number of amides is 2. The maximum Gasteiger partial charge on any atom is 0.339 e. The Bertz CT molecular complexity index is 1080. The number of methoxy groups -OCH3 is 2. The average Bonchev–Trinajstić information content (AvgIpc) is 2.92. The molecule has 1 unspecified atom stereocenters. The van der Waals surface area contributed by atoms with Crippen LogP contribution in [0.2, 0.25) is 0 Å². The number of hydrogen-bond acceptors (Lipinski definition) is 8. The number of carbonyl (C=O) groups excluding carboxylic acids is 3. The molecule has 1 heterocycles. The van der Waals surface area contributed by atoms with Crippen LogP contribution in [0.25, 0.3) is 0 Å². The minimum absolute atomic E-state index is 0.0841. The molecule has 0 radical (unpaired) electrons. The number of likely N-dealkylation sites (tertiary alicyclic amines) is 1. The summed E-state index contributed by atoms with van der Waals surface area (Å²) in [5, 5.41) is 2.69. The predicted molar refractivity (Wildman–Crippen MR) is 137 cm³/mol. The number of piperidine rings is 1. The Kier molecular flexibility index (Phi) is 10.00. The summed E-state index contributed by atoms with van der Waals surface area (Å²) in [5.74, 6) is 0.350. The summed E-state index contributed by atoms with van der Waals surface area (Å²) < 4.78 is 27.1. The summed E-state index contributed by atoms with van der Waals surface area (Å²) in [7, 11) is 3.01. The Morgan fingerprint density at radius 2 is 1.59 bits per heavy atom. The summed E-state index contributed by atoms with van der Waals surface area (Å²) >= 11 is 0. The standard InChI is InChI=1S/C27H34N2O8/c1-5-35-24-13-19(9-10-23(24)36-17-25(30)29-11-7-6-8-12-29)27(32)37-18(2)26(31)28-20-14-21(33-3)16-22(15-20)34-4/h9-10,13-16,18H,5-8,11-12,17H2,1-4H3,(H,28,31). The molecular weight excluding hydrogens is 480 g/mol. The molecule has 37 heavy (non-hydrogen) atoms. The van der Waals surface area contributed by atoms with Gasteiger partial charge in [0.1, 0.15) is 11.5 Å². The van der Waals surface area contributed by atoms with Crippen molar-refractivity contribution in [3.8, 4) is 23.0 Å². The number of nitrogens with zero attached hydrogens (tertiary/aromatic N) is 1. The fourth-order valence-electron chi connectivity index (χ4n) is 3.80. The van der Waals surface area contributed by atoms with Crippen LogP contribution in [0.15, 0.2) is 36.4 Å². The third kappa shape index (κ3) is 7.77. The molecule has 0 aliphatic carbocycles. The number of rotatable bonds is 11. The molecule has 3 rings (SSSR count). The Morgan fingerprint density at radius 1 is 0.919 bits per heavy atom. The highest BCUT2D eigenvalue weighted by atomic mass is 16.5.